The first kappa shape index (κ1) is 19.5. The van der Waals surface area contributed by atoms with Crippen molar-refractivity contribution in [2.24, 2.45) is 4.99 Å². The highest BCUT2D eigenvalue weighted by Crippen LogP contribution is 2.01. The molecule has 2 aromatic heterocycles. The molecule has 0 bridgehead atoms. The highest BCUT2D eigenvalue weighted by molar-refractivity contribution is 14.0. The van der Waals surface area contributed by atoms with Gasteiger partial charge in [0.05, 0.1) is 6.26 Å². The standard InChI is InChI=1S/C15H24N6O.HI/c1-4-14-20-18-11-21(14)8-7-16-15(19-12(2)3)17-10-13-6-5-9-22-13;/h5-6,9,11-12H,4,7-8,10H2,1-3H3,(H2,16,17,19);1H. The summed E-state index contributed by atoms with van der Waals surface area (Å²) in [6.45, 7) is 8.31. The van der Waals surface area contributed by atoms with Crippen molar-refractivity contribution in [2.45, 2.75) is 46.3 Å². The molecule has 0 fully saturated rings. The summed E-state index contributed by atoms with van der Waals surface area (Å²) < 4.78 is 7.35. The second-order valence-electron chi connectivity index (χ2n) is 5.26. The second kappa shape index (κ2) is 10.2. The van der Waals surface area contributed by atoms with E-state index in [0.29, 0.717) is 12.6 Å². The number of aryl methyl sites for hydroxylation is 1. The van der Waals surface area contributed by atoms with Gasteiger partial charge in [-0.15, -0.1) is 34.2 Å². The number of hydrogen-bond donors (Lipinski definition) is 2. The van der Waals surface area contributed by atoms with Crippen LogP contribution in [0.3, 0.4) is 0 Å². The van der Waals surface area contributed by atoms with Gasteiger partial charge < -0.3 is 19.6 Å². The van der Waals surface area contributed by atoms with Crippen LogP contribution in [0.2, 0.25) is 0 Å². The van der Waals surface area contributed by atoms with Gasteiger partial charge in [0.1, 0.15) is 24.5 Å². The molecule has 0 aliphatic heterocycles. The van der Waals surface area contributed by atoms with Crippen LogP contribution in [0.1, 0.15) is 32.4 Å². The SMILES string of the molecule is CCc1nncn1CCNC(=NCc1ccco1)NC(C)C.I. The van der Waals surface area contributed by atoms with E-state index in [2.05, 4.69) is 46.6 Å². The maximum Gasteiger partial charge on any atom is 0.191 e. The van der Waals surface area contributed by atoms with Crippen LogP contribution >= 0.6 is 24.0 Å². The molecular formula is C15H25IN6O. The van der Waals surface area contributed by atoms with Crippen LogP contribution in [0.4, 0.5) is 0 Å². The number of hydrogen-bond acceptors (Lipinski definition) is 4. The van der Waals surface area contributed by atoms with E-state index < -0.39 is 0 Å². The molecule has 0 atom stereocenters. The quantitative estimate of drug-likeness (QED) is 0.399. The number of halogens is 1. The molecule has 0 aromatic carbocycles. The van der Waals surface area contributed by atoms with E-state index in [1.165, 1.54) is 0 Å². The molecule has 0 aliphatic rings. The number of furan rings is 1. The van der Waals surface area contributed by atoms with Gasteiger partial charge in [-0.05, 0) is 26.0 Å². The Morgan fingerprint density at radius 3 is 2.91 bits per heavy atom. The number of rotatable bonds is 7. The zero-order valence-corrected chi connectivity index (χ0v) is 16.2. The minimum absolute atomic E-state index is 0. The molecule has 2 aromatic rings. The maximum atomic E-state index is 5.30. The summed E-state index contributed by atoms with van der Waals surface area (Å²) in [5, 5.41) is 14.6. The molecular weight excluding hydrogens is 407 g/mol. The zero-order chi connectivity index (χ0) is 15.8. The zero-order valence-electron chi connectivity index (χ0n) is 13.8. The van der Waals surface area contributed by atoms with Crippen molar-refractivity contribution in [3.05, 3.63) is 36.3 Å². The Labute approximate surface area is 154 Å². The lowest BCUT2D eigenvalue weighted by Crippen LogP contribution is -2.42. The normalized spacial score (nSPS) is 11.4. The number of nitrogens with zero attached hydrogens (tertiary/aromatic N) is 4. The highest BCUT2D eigenvalue weighted by atomic mass is 127. The molecule has 7 nitrogen and oxygen atoms in total. The van der Waals surface area contributed by atoms with Crippen LogP contribution in [-0.2, 0) is 19.5 Å². The third kappa shape index (κ3) is 6.59. The van der Waals surface area contributed by atoms with Gasteiger partial charge in [0.15, 0.2) is 5.96 Å². The molecule has 2 heterocycles. The minimum atomic E-state index is 0. The predicted octanol–water partition coefficient (Wildman–Crippen LogP) is 2.20. The molecule has 2 N–H and O–H groups in total. The first-order chi connectivity index (χ1) is 10.7. The van der Waals surface area contributed by atoms with Gasteiger partial charge in [0, 0.05) is 25.6 Å². The first-order valence-electron chi connectivity index (χ1n) is 7.63. The Morgan fingerprint density at radius 2 is 2.26 bits per heavy atom. The van der Waals surface area contributed by atoms with Crippen molar-refractivity contribution in [3.8, 4) is 0 Å². The average molecular weight is 432 g/mol. The summed E-state index contributed by atoms with van der Waals surface area (Å²) in [4.78, 5) is 4.53. The fourth-order valence-electron chi connectivity index (χ4n) is 2.02. The number of aromatic nitrogens is 3. The van der Waals surface area contributed by atoms with Crippen LogP contribution in [0.5, 0.6) is 0 Å². The topological polar surface area (TPSA) is 80.3 Å². The van der Waals surface area contributed by atoms with Gasteiger partial charge in [-0.2, -0.15) is 0 Å². The molecule has 0 spiro atoms. The average Bonchev–Trinajstić information content (AvgIpc) is 3.15. The fraction of sp³-hybridized carbons (Fsp3) is 0.533. The van der Waals surface area contributed by atoms with Crippen molar-refractivity contribution >= 4 is 29.9 Å². The molecule has 8 heteroatoms. The molecule has 0 amide bonds. The van der Waals surface area contributed by atoms with E-state index in [9.17, 15) is 0 Å². The van der Waals surface area contributed by atoms with Crippen LogP contribution in [0, 0.1) is 0 Å². The third-order valence-electron chi connectivity index (χ3n) is 3.06. The molecule has 23 heavy (non-hydrogen) atoms. The number of guanidine groups is 1. The monoisotopic (exact) mass is 432 g/mol. The van der Waals surface area contributed by atoms with Crippen LogP contribution in [0.15, 0.2) is 34.1 Å². The Bertz CT molecular complexity index is 579. The maximum absolute atomic E-state index is 5.30. The van der Waals surface area contributed by atoms with Crippen LogP contribution < -0.4 is 10.6 Å². The summed E-state index contributed by atoms with van der Waals surface area (Å²) in [6, 6.07) is 4.09. The van der Waals surface area contributed by atoms with E-state index in [1.807, 2.05) is 16.7 Å². The van der Waals surface area contributed by atoms with Crippen molar-refractivity contribution in [1.29, 1.82) is 0 Å². The van der Waals surface area contributed by atoms with Crippen molar-refractivity contribution in [1.82, 2.24) is 25.4 Å². The van der Waals surface area contributed by atoms with E-state index in [1.54, 1.807) is 12.6 Å². The van der Waals surface area contributed by atoms with E-state index >= 15 is 0 Å². The fourth-order valence-corrected chi connectivity index (χ4v) is 2.02. The molecule has 0 aliphatic carbocycles. The van der Waals surface area contributed by atoms with Crippen LogP contribution in [0.25, 0.3) is 0 Å². The Morgan fingerprint density at radius 1 is 1.43 bits per heavy atom. The summed E-state index contributed by atoms with van der Waals surface area (Å²) in [5.74, 6) is 2.61. The molecule has 0 radical (unpaired) electrons. The Kier molecular flexibility index (Phi) is 8.67. The summed E-state index contributed by atoms with van der Waals surface area (Å²) in [7, 11) is 0. The summed E-state index contributed by atoms with van der Waals surface area (Å²) in [6.07, 6.45) is 4.30. The second-order valence-corrected chi connectivity index (χ2v) is 5.26. The van der Waals surface area contributed by atoms with Gasteiger partial charge in [-0.1, -0.05) is 6.92 Å². The predicted molar refractivity (Wildman–Crippen MR) is 101 cm³/mol. The summed E-state index contributed by atoms with van der Waals surface area (Å²) in [5.41, 5.74) is 0. The molecule has 128 valence electrons. The molecule has 2 rings (SSSR count). The largest absolute Gasteiger partial charge is 0.467 e. The van der Waals surface area contributed by atoms with Gasteiger partial charge in [0.25, 0.3) is 0 Å². The first-order valence-corrected chi connectivity index (χ1v) is 7.63. The van der Waals surface area contributed by atoms with Gasteiger partial charge in [-0.25, -0.2) is 4.99 Å². The van der Waals surface area contributed by atoms with Gasteiger partial charge in [-0.3, -0.25) is 0 Å². The lowest BCUT2D eigenvalue weighted by atomic mass is 10.4. The van der Waals surface area contributed by atoms with Crippen molar-refractivity contribution < 1.29 is 4.42 Å². The number of aliphatic imine (C=N–C) groups is 1. The van der Waals surface area contributed by atoms with E-state index in [4.69, 9.17) is 4.42 Å². The van der Waals surface area contributed by atoms with E-state index in [0.717, 1.165) is 37.1 Å². The summed E-state index contributed by atoms with van der Waals surface area (Å²) >= 11 is 0. The Hall–Kier alpha value is -1.58. The van der Waals surface area contributed by atoms with Crippen molar-refractivity contribution in [3.63, 3.8) is 0 Å². The van der Waals surface area contributed by atoms with Gasteiger partial charge >= 0.3 is 0 Å². The highest BCUT2D eigenvalue weighted by Gasteiger charge is 2.04. The minimum Gasteiger partial charge on any atom is -0.467 e. The smallest absolute Gasteiger partial charge is 0.191 e. The van der Waals surface area contributed by atoms with Gasteiger partial charge in [0.2, 0.25) is 0 Å². The lowest BCUT2D eigenvalue weighted by Gasteiger charge is -2.15. The molecule has 0 saturated carbocycles. The lowest BCUT2D eigenvalue weighted by molar-refractivity contribution is 0.511. The number of nitrogens with one attached hydrogen (secondary N) is 2. The molecule has 0 saturated heterocycles. The third-order valence-corrected chi connectivity index (χ3v) is 3.06. The van der Waals surface area contributed by atoms with Crippen molar-refractivity contribution in [2.75, 3.05) is 6.54 Å². The van der Waals surface area contributed by atoms with Crippen LogP contribution in [-0.4, -0.2) is 33.3 Å². The molecule has 0 unspecified atom stereocenters. The van der Waals surface area contributed by atoms with E-state index in [-0.39, 0.29) is 24.0 Å². The Balaban J connectivity index is 0.00000264.